The summed E-state index contributed by atoms with van der Waals surface area (Å²) in [5, 5.41) is 0. The standard InChI is InChI=1S/C24H41S/c1-2-3-4-5-6-7-8-9-10-11-12-13-14-15-16-17-19-23-20-18-21-24(25)22-23/h18,20-22H,2-17,19H2,1H3. The monoisotopic (exact) mass is 361 g/mol. The zero-order valence-corrected chi connectivity index (χ0v) is 17.6. The topological polar surface area (TPSA) is 0 Å². The van der Waals surface area contributed by atoms with Gasteiger partial charge in [-0.05, 0) is 30.5 Å². The molecule has 0 fully saturated rings. The van der Waals surface area contributed by atoms with E-state index in [4.69, 9.17) is 12.6 Å². The predicted molar refractivity (Wildman–Crippen MR) is 116 cm³/mol. The molecule has 0 saturated heterocycles. The van der Waals surface area contributed by atoms with E-state index in [2.05, 4.69) is 25.1 Å². The summed E-state index contributed by atoms with van der Waals surface area (Å²) >= 11 is 5.22. The average Bonchev–Trinajstić information content (AvgIpc) is 2.61. The molecule has 0 atom stereocenters. The van der Waals surface area contributed by atoms with Crippen molar-refractivity contribution in [3.05, 3.63) is 29.8 Å². The van der Waals surface area contributed by atoms with Crippen molar-refractivity contribution in [2.24, 2.45) is 0 Å². The number of benzene rings is 1. The average molecular weight is 362 g/mol. The van der Waals surface area contributed by atoms with Crippen molar-refractivity contribution < 1.29 is 0 Å². The van der Waals surface area contributed by atoms with Crippen molar-refractivity contribution in [3.63, 3.8) is 0 Å². The van der Waals surface area contributed by atoms with E-state index in [1.165, 1.54) is 115 Å². The minimum atomic E-state index is 0.981. The first-order valence-electron chi connectivity index (χ1n) is 11.1. The van der Waals surface area contributed by atoms with Crippen LogP contribution in [0.5, 0.6) is 0 Å². The minimum absolute atomic E-state index is 0.981. The Hall–Kier alpha value is -0.560. The maximum atomic E-state index is 5.22. The number of hydrogen-bond acceptors (Lipinski definition) is 0. The van der Waals surface area contributed by atoms with Crippen molar-refractivity contribution in [3.8, 4) is 0 Å². The summed E-state index contributed by atoms with van der Waals surface area (Å²) in [4.78, 5) is 0.981. The van der Waals surface area contributed by atoms with Crippen molar-refractivity contribution in [1.29, 1.82) is 0 Å². The summed E-state index contributed by atoms with van der Waals surface area (Å²) in [5.41, 5.74) is 1.41. The van der Waals surface area contributed by atoms with Crippen molar-refractivity contribution >= 4 is 12.6 Å². The van der Waals surface area contributed by atoms with Gasteiger partial charge in [0.05, 0.1) is 0 Å². The molecule has 0 N–H and O–H groups in total. The largest absolute Gasteiger partial charge is 0.0801 e. The highest BCUT2D eigenvalue weighted by Crippen LogP contribution is 2.15. The second-order valence-corrected chi connectivity index (χ2v) is 8.17. The molecule has 0 aliphatic carbocycles. The summed E-state index contributed by atoms with van der Waals surface area (Å²) in [7, 11) is 0. The summed E-state index contributed by atoms with van der Waals surface area (Å²) in [5.74, 6) is 0. The van der Waals surface area contributed by atoms with E-state index in [9.17, 15) is 0 Å². The molecule has 143 valence electrons. The molecule has 1 radical (unpaired) electrons. The number of unbranched alkanes of at least 4 members (excludes halogenated alkanes) is 15. The molecule has 0 aliphatic rings. The van der Waals surface area contributed by atoms with Gasteiger partial charge in [-0.25, -0.2) is 0 Å². The third kappa shape index (κ3) is 14.3. The first kappa shape index (κ1) is 22.5. The molecule has 0 aliphatic heterocycles. The SMILES string of the molecule is CCCCCCCCCCCCCCCCCCc1cccc([S])c1. The van der Waals surface area contributed by atoms with Gasteiger partial charge < -0.3 is 0 Å². The molecule has 0 nitrogen and oxygen atoms in total. The molecule has 0 bridgehead atoms. The van der Waals surface area contributed by atoms with Gasteiger partial charge in [-0.1, -0.05) is 128 Å². The molecule has 0 saturated carbocycles. The van der Waals surface area contributed by atoms with Gasteiger partial charge in [-0.3, -0.25) is 0 Å². The van der Waals surface area contributed by atoms with Crippen molar-refractivity contribution in [2.45, 2.75) is 121 Å². The third-order valence-electron chi connectivity index (χ3n) is 5.22. The van der Waals surface area contributed by atoms with E-state index >= 15 is 0 Å². The zero-order chi connectivity index (χ0) is 18.0. The van der Waals surface area contributed by atoms with E-state index in [-0.39, 0.29) is 0 Å². The second-order valence-electron chi connectivity index (χ2n) is 7.70. The van der Waals surface area contributed by atoms with E-state index in [1.807, 2.05) is 6.07 Å². The quantitative estimate of drug-likeness (QED) is 0.243. The van der Waals surface area contributed by atoms with E-state index in [1.54, 1.807) is 0 Å². The van der Waals surface area contributed by atoms with Gasteiger partial charge in [0.25, 0.3) is 0 Å². The van der Waals surface area contributed by atoms with Gasteiger partial charge in [0, 0.05) is 4.90 Å². The maximum absolute atomic E-state index is 5.22. The van der Waals surface area contributed by atoms with Crippen LogP contribution in [0.2, 0.25) is 0 Å². The highest BCUT2D eigenvalue weighted by Gasteiger charge is 1.96. The predicted octanol–water partition coefficient (Wildman–Crippen LogP) is 9.05. The summed E-state index contributed by atoms with van der Waals surface area (Å²) in [6, 6.07) is 8.46. The summed E-state index contributed by atoms with van der Waals surface area (Å²) < 4.78 is 0. The Kier molecular flexibility index (Phi) is 15.2. The van der Waals surface area contributed by atoms with Crippen LogP contribution in [-0.4, -0.2) is 0 Å². The molecule has 1 rings (SSSR count). The Morgan fingerprint density at radius 3 is 1.48 bits per heavy atom. The molecule has 1 aromatic carbocycles. The molecular formula is C24H41S. The van der Waals surface area contributed by atoms with Gasteiger partial charge in [0.15, 0.2) is 0 Å². The Labute approximate surface area is 163 Å². The summed E-state index contributed by atoms with van der Waals surface area (Å²) in [6.07, 6.45) is 24.1. The van der Waals surface area contributed by atoms with Crippen LogP contribution in [0.3, 0.4) is 0 Å². The number of rotatable bonds is 17. The lowest BCUT2D eigenvalue weighted by atomic mass is 10.0. The van der Waals surface area contributed by atoms with Crippen LogP contribution in [0.1, 0.15) is 115 Å². The molecular weight excluding hydrogens is 320 g/mol. The lowest BCUT2D eigenvalue weighted by Crippen LogP contribution is -1.87. The number of hydrogen-bond donors (Lipinski definition) is 0. The maximum Gasteiger partial charge on any atom is 0.0379 e. The molecule has 0 heterocycles. The van der Waals surface area contributed by atoms with Crippen LogP contribution in [0, 0.1) is 0 Å². The van der Waals surface area contributed by atoms with Gasteiger partial charge in [-0.2, -0.15) is 0 Å². The van der Waals surface area contributed by atoms with Gasteiger partial charge >= 0.3 is 0 Å². The molecule has 0 aromatic heterocycles. The van der Waals surface area contributed by atoms with Crippen molar-refractivity contribution in [1.82, 2.24) is 0 Å². The smallest absolute Gasteiger partial charge is 0.0379 e. The lowest BCUT2D eigenvalue weighted by molar-refractivity contribution is 0.529. The zero-order valence-electron chi connectivity index (χ0n) is 16.7. The van der Waals surface area contributed by atoms with E-state index in [0.717, 1.165) is 4.90 Å². The fourth-order valence-corrected chi connectivity index (χ4v) is 3.81. The van der Waals surface area contributed by atoms with Crippen LogP contribution in [0.4, 0.5) is 0 Å². The summed E-state index contributed by atoms with van der Waals surface area (Å²) in [6.45, 7) is 2.29. The van der Waals surface area contributed by atoms with Crippen LogP contribution in [-0.2, 0) is 6.42 Å². The normalized spacial score (nSPS) is 11.1. The second kappa shape index (κ2) is 16.9. The Balaban J connectivity index is 1.75. The van der Waals surface area contributed by atoms with Crippen LogP contribution in [0.25, 0.3) is 0 Å². The van der Waals surface area contributed by atoms with Gasteiger partial charge in [0.2, 0.25) is 0 Å². The Bertz CT molecular complexity index is 399. The number of aryl methyl sites for hydroxylation is 1. The van der Waals surface area contributed by atoms with Crippen LogP contribution < -0.4 is 0 Å². The van der Waals surface area contributed by atoms with Crippen molar-refractivity contribution in [2.75, 3.05) is 0 Å². The van der Waals surface area contributed by atoms with Gasteiger partial charge in [-0.15, -0.1) is 0 Å². The molecule has 1 aromatic rings. The molecule has 25 heavy (non-hydrogen) atoms. The minimum Gasteiger partial charge on any atom is -0.0801 e. The van der Waals surface area contributed by atoms with E-state index in [0.29, 0.717) is 0 Å². The first-order valence-corrected chi connectivity index (χ1v) is 11.5. The Morgan fingerprint density at radius 2 is 1.04 bits per heavy atom. The fourth-order valence-electron chi connectivity index (χ4n) is 3.58. The van der Waals surface area contributed by atoms with Crippen LogP contribution >= 0.6 is 12.6 Å². The fraction of sp³-hybridized carbons (Fsp3) is 0.750. The van der Waals surface area contributed by atoms with E-state index < -0.39 is 0 Å². The molecule has 0 amide bonds. The van der Waals surface area contributed by atoms with Gasteiger partial charge in [0.1, 0.15) is 0 Å². The first-order chi connectivity index (χ1) is 12.3. The highest BCUT2D eigenvalue weighted by atomic mass is 32.1. The molecule has 1 heteroatoms. The molecule has 0 unspecified atom stereocenters. The van der Waals surface area contributed by atoms with Crippen LogP contribution in [0.15, 0.2) is 29.2 Å². The Morgan fingerprint density at radius 1 is 0.600 bits per heavy atom. The lowest BCUT2D eigenvalue weighted by Gasteiger charge is -2.04. The highest BCUT2D eigenvalue weighted by molar-refractivity contribution is 7.80. The third-order valence-corrected chi connectivity index (χ3v) is 5.47. The molecule has 0 spiro atoms.